The SMILES string of the molecule is C=CCNCC[C@]12c3c(ccc(O)c3C3CC3)CCC1CCC(C)C2C. The number of phenols is 1. The molecule has 0 aliphatic heterocycles. The summed E-state index contributed by atoms with van der Waals surface area (Å²) in [5.41, 5.74) is 4.67. The second kappa shape index (κ2) is 7.03. The first-order valence-corrected chi connectivity index (χ1v) is 10.8. The highest BCUT2D eigenvalue weighted by Gasteiger charge is 2.53. The molecule has 0 spiro atoms. The van der Waals surface area contributed by atoms with E-state index in [0.29, 0.717) is 17.6 Å². The van der Waals surface area contributed by atoms with Crippen LogP contribution in [0.5, 0.6) is 5.75 Å². The average Bonchev–Trinajstić information content (AvgIpc) is 3.47. The zero-order chi connectivity index (χ0) is 18.3. The fourth-order valence-corrected chi connectivity index (χ4v) is 6.27. The summed E-state index contributed by atoms with van der Waals surface area (Å²) in [4.78, 5) is 0. The second-order valence-electron chi connectivity index (χ2n) is 9.17. The van der Waals surface area contributed by atoms with Gasteiger partial charge in [0, 0.05) is 17.5 Å². The van der Waals surface area contributed by atoms with Gasteiger partial charge in [-0.05, 0) is 85.9 Å². The van der Waals surface area contributed by atoms with Crippen LogP contribution < -0.4 is 5.32 Å². The third kappa shape index (κ3) is 2.81. The van der Waals surface area contributed by atoms with Gasteiger partial charge < -0.3 is 10.4 Å². The largest absolute Gasteiger partial charge is 0.508 e. The van der Waals surface area contributed by atoms with Crippen LogP contribution in [-0.4, -0.2) is 18.2 Å². The van der Waals surface area contributed by atoms with E-state index in [1.54, 1.807) is 5.56 Å². The van der Waals surface area contributed by atoms with Gasteiger partial charge in [0.25, 0.3) is 0 Å². The lowest BCUT2D eigenvalue weighted by Crippen LogP contribution is -2.52. The number of hydrogen-bond donors (Lipinski definition) is 2. The first-order valence-electron chi connectivity index (χ1n) is 10.8. The molecule has 3 aliphatic rings. The van der Waals surface area contributed by atoms with Gasteiger partial charge in [0.15, 0.2) is 0 Å². The van der Waals surface area contributed by atoms with Crippen molar-refractivity contribution < 1.29 is 5.11 Å². The molecule has 2 N–H and O–H groups in total. The van der Waals surface area contributed by atoms with Crippen molar-refractivity contribution in [3.8, 4) is 5.75 Å². The minimum atomic E-state index is 0.232. The Labute approximate surface area is 159 Å². The van der Waals surface area contributed by atoms with Crippen LogP contribution in [-0.2, 0) is 11.8 Å². The minimum absolute atomic E-state index is 0.232. The maximum atomic E-state index is 10.8. The molecule has 2 heteroatoms. The Bertz CT molecular complexity index is 677. The summed E-state index contributed by atoms with van der Waals surface area (Å²) in [7, 11) is 0. The smallest absolute Gasteiger partial charge is 0.119 e. The molecule has 0 amide bonds. The Morgan fingerprint density at radius 1 is 1.19 bits per heavy atom. The number of aryl methyl sites for hydroxylation is 1. The van der Waals surface area contributed by atoms with E-state index in [9.17, 15) is 5.11 Å². The topological polar surface area (TPSA) is 32.3 Å². The highest BCUT2D eigenvalue weighted by molar-refractivity contribution is 5.54. The van der Waals surface area contributed by atoms with Gasteiger partial charge in [-0.3, -0.25) is 0 Å². The highest BCUT2D eigenvalue weighted by Crippen LogP contribution is 2.60. The molecule has 3 aliphatic carbocycles. The molecule has 4 rings (SSSR count). The lowest BCUT2D eigenvalue weighted by Gasteiger charge is -2.56. The molecule has 0 heterocycles. The average molecular weight is 354 g/mol. The quantitative estimate of drug-likeness (QED) is 0.537. The summed E-state index contributed by atoms with van der Waals surface area (Å²) in [6.07, 6.45) is 10.9. The van der Waals surface area contributed by atoms with Crippen molar-refractivity contribution in [1.82, 2.24) is 5.32 Å². The fourth-order valence-electron chi connectivity index (χ4n) is 6.27. The minimum Gasteiger partial charge on any atom is -0.508 e. The molecule has 0 radical (unpaired) electrons. The molecule has 0 bridgehead atoms. The molecule has 142 valence electrons. The van der Waals surface area contributed by atoms with Gasteiger partial charge >= 0.3 is 0 Å². The predicted octanol–water partition coefficient (Wildman–Crippen LogP) is 5.30. The van der Waals surface area contributed by atoms with Gasteiger partial charge in [0.2, 0.25) is 0 Å². The third-order valence-electron chi connectivity index (χ3n) is 7.89. The van der Waals surface area contributed by atoms with Crippen LogP contribution >= 0.6 is 0 Å². The number of phenolic OH excluding ortho intramolecular Hbond substituents is 1. The summed E-state index contributed by atoms with van der Waals surface area (Å²) < 4.78 is 0. The van der Waals surface area contributed by atoms with Crippen molar-refractivity contribution in [3.63, 3.8) is 0 Å². The number of benzene rings is 1. The van der Waals surface area contributed by atoms with E-state index >= 15 is 0 Å². The van der Waals surface area contributed by atoms with E-state index in [1.807, 2.05) is 12.1 Å². The maximum Gasteiger partial charge on any atom is 0.119 e. The van der Waals surface area contributed by atoms with Crippen LogP contribution in [0.15, 0.2) is 24.8 Å². The summed E-state index contributed by atoms with van der Waals surface area (Å²) in [5, 5.41) is 14.4. The molecule has 1 aromatic rings. The Hall–Kier alpha value is -1.28. The zero-order valence-electron chi connectivity index (χ0n) is 16.6. The molecule has 2 nitrogen and oxygen atoms in total. The maximum absolute atomic E-state index is 10.8. The molecule has 2 saturated carbocycles. The molecule has 4 atom stereocenters. The molecular formula is C24H35NO. The molecule has 1 aromatic carbocycles. The van der Waals surface area contributed by atoms with Gasteiger partial charge in [-0.2, -0.15) is 0 Å². The Morgan fingerprint density at radius 3 is 2.73 bits per heavy atom. The third-order valence-corrected chi connectivity index (χ3v) is 7.89. The normalized spacial score (nSPS) is 33.4. The fraction of sp³-hybridized carbons (Fsp3) is 0.667. The van der Waals surface area contributed by atoms with Crippen LogP contribution in [0, 0.1) is 17.8 Å². The standard InChI is InChI=1S/C24H35NO/c1-4-14-25-15-13-24-17(3)16(2)5-10-20(24)11-8-19-9-12-21(26)22(23(19)24)18-6-7-18/h4,9,12,16-18,20,25-26H,1,5-8,10-11,13-15H2,2-3H3/t16?,17?,20?,24-/m1/s1. The van der Waals surface area contributed by atoms with Crippen molar-refractivity contribution >= 4 is 0 Å². The monoisotopic (exact) mass is 353 g/mol. The number of hydrogen-bond acceptors (Lipinski definition) is 2. The lowest BCUT2D eigenvalue weighted by atomic mass is 9.48. The van der Waals surface area contributed by atoms with Gasteiger partial charge in [-0.1, -0.05) is 32.4 Å². The molecule has 0 aromatic heterocycles. The molecular weight excluding hydrogens is 318 g/mol. The Balaban J connectivity index is 1.83. The number of rotatable bonds is 6. The highest BCUT2D eigenvalue weighted by atomic mass is 16.3. The van der Waals surface area contributed by atoms with Crippen molar-refractivity contribution in [3.05, 3.63) is 41.5 Å². The first kappa shape index (κ1) is 18.1. The number of nitrogens with one attached hydrogen (secondary N) is 1. The van der Waals surface area contributed by atoms with E-state index in [2.05, 4.69) is 31.8 Å². The van der Waals surface area contributed by atoms with Crippen LogP contribution in [0.2, 0.25) is 0 Å². The van der Waals surface area contributed by atoms with E-state index < -0.39 is 0 Å². The van der Waals surface area contributed by atoms with Crippen LogP contribution in [0.1, 0.15) is 75.0 Å². The van der Waals surface area contributed by atoms with Gasteiger partial charge in [0.05, 0.1) is 0 Å². The zero-order valence-corrected chi connectivity index (χ0v) is 16.6. The van der Waals surface area contributed by atoms with Crippen LogP contribution in [0.3, 0.4) is 0 Å². The van der Waals surface area contributed by atoms with Crippen molar-refractivity contribution in [2.45, 2.75) is 70.1 Å². The number of aromatic hydroxyl groups is 1. The molecule has 2 fully saturated rings. The van der Waals surface area contributed by atoms with Crippen molar-refractivity contribution in [2.24, 2.45) is 17.8 Å². The number of fused-ring (bicyclic) bond motifs is 3. The van der Waals surface area contributed by atoms with E-state index in [1.165, 1.54) is 56.1 Å². The van der Waals surface area contributed by atoms with Gasteiger partial charge in [0.1, 0.15) is 5.75 Å². The summed E-state index contributed by atoms with van der Waals surface area (Å²) >= 11 is 0. The second-order valence-corrected chi connectivity index (χ2v) is 9.17. The lowest BCUT2D eigenvalue weighted by molar-refractivity contribution is 0.0469. The van der Waals surface area contributed by atoms with Gasteiger partial charge in [-0.25, -0.2) is 0 Å². The van der Waals surface area contributed by atoms with Crippen LogP contribution in [0.25, 0.3) is 0 Å². The molecule has 26 heavy (non-hydrogen) atoms. The summed E-state index contributed by atoms with van der Waals surface area (Å²) in [6, 6.07) is 4.21. The van der Waals surface area contributed by atoms with E-state index in [0.717, 1.165) is 24.9 Å². The van der Waals surface area contributed by atoms with E-state index in [4.69, 9.17) is 0 Å². The van der Waals surface area contributed by atoms with Crippen LogP contribution in [0.4, 0.5) is 0 Å². The predicted molar refractivity (Wildman–Crippen MR) is 109 cm³/mol. The summed E-state index contributed by atoms with van der Waals surface area (Å²) in [5.74, 6) is 3.36. The van der Waals surface area contributed by atoms with Crippen molar-refractivity contribution in [1.29, 1.82) is 0 Å². The summed E-state index contributed by atoms with van der Waals surface area (Å²) in [6.45, 7) is 10.7. The Morgan fingerprint density at radius 2 is 2.00 bits per heavy atom. The molecule has 3 unspecified atom stereocenters. The van der Waals surface area contributed by atoms with Gasteiger partial charge in [-0.15, -0.1) is 6.58 Å². The Kier molecular flexibility index (Phi) is 4.90. The van der Waals surface area contributed by atoms with E-state index in [-0.39, 0.29) is 5.41 Å². The van der Waals surface area contributed by atoms with Crippen molar-refractivity contribution in [2.75, 3.05) is 13.1 Å². The first-order chi connectivity index (χ1) is 12.6. The molecule has 0 saturated heterocycles.